The molecule has 2 aromatic carbocycles. The first-order valence-corrected chi connectivity index (χ1v) is 9.27. The van der Waals surface area contributed by atoms with E-state index in [0.717, 1.165) is 28.3 Å². The predicted molar refractivity (Wildman–Crippen MR) is 104 cm³/mol. The Labute approximate surface area is 155 Å². The Hall–Kier alpha value is -2.99. The van der Waals surface area contributed by atoms with Crippen molar-refractivity contribution in [2.45, 2.75) is 13.3 Å². The zero-order chi connectivity index (χ0) is 17.9. The number of rotatable bonds is 5. The Morgan fingerprint density at radius 1 is 1.12 bits per heavy atom. The summed E-state index contributed by atoms with van der Waals surface area (Å²) in [6.45, 7) is 2.46. The molecule has 0 saturated heterocycles. The van der Waals surface area contributed by atoms with E-state index in [9.17, 15) is 4.79 Å². The zero-order valence-corrected chi connectivity index (χ0v) is 15.2. The highest BCUT2D eigenvalue weighted by molar-refractivity contribution is 7.18. The summed E-state index contributed by atoms with van der Waals surface area (Å²) in [4.78, 5) is 17.1. The number of aromatic nitrogens is 3. The number of carbonyl (C=O) groups excluding carboxylic acids is 1. The summed E-state index contributed by atoms with van der Waals surface area (Å²) in [7, 11) is 0. The lowest BCUT2D eigenvalue weighted by atomic mass is 10.2. The molecule has 4 rings (SSSR count). The molecule has 130 valence electrons. The number of carbonyl (C=O) groups is 1. The minimum Gasteiger partial charge on any atom is -0.352 e. The molecule has 0 unspecified atom stereocenters. The minimum absolute atomic E-state index is 0.106. The zero-order valence-electron chi connectivity index (χ0n) is 14.3. The summed E-state index contributed by atoms with van der Waals surface area (Å²) in [5.74, 6) is -0.106. The van der Waals surface area contributed by atoms with Crippen LogP contribution in [0.3, 0.4) is 0 Å². The van der Waals surface area contributed by atoms with Crippen molar-refractivity contribution in [2.24, 2.45) is 0 Å². The van der Waals surface area contributed by atoms with Gasteiger partial charge in [0, 0.05) is 13.0 Å². The molecule has 6 heteroatoms. The van der Waals surface area contributed by atoms with Crippen LogP contribution < -0.4 is 5.32 Å². The lowest BCUT2D eigenvalue weighted by molar-refractivity contribution is 0.0953. The number of amides is 1. The highest BCUT2D eigenvalue weighted by Crippen LogP contribution is 2.21. The molecule has 2 aromatic heterocycles. The number of benzene rings is 2. The van der Waals surface area contributed by atoms with Gasteiger partial charge in [-0.3, -0.25) is 4.79 Å². The molecule has 0 aliphatic rings. The van der Waals surface area contributed by atoms with Crippen LogP contribution in [0.4, 0.5) is 0 Å². The highest BCUT2D eigenvalue weighted by atomic mass is 32.1. The summed E-state index contributed by atoms with van der Waals surface area (Å²) >= 11 is 1.67. The van der Waals surface area contributed by atoms with Gasteiger partial charge in [-0.25, -0.2) is 9.67 Å². The second-order valence-corrected chi connectivity index (χ2v) is 7.09. The average Bonchev–Trinajstić information content (AvgIpc) is 3.25. The van der Waals surface area contributed by atoms with Gasteiger partial charge in [0.2, 0.25) is 0 Å². The van der Waals surface area contributed by atoms with Crippen molar-refractivity contribution in [1.82, 2.24) is 20.1 Å². The quantitative estimate of drug-likeness (QED) is 0.588. The van der Waals surface area contributed by atoms with Crippen LogP contribution in [0.15, 0.2) is 60.8 Å². The summed E-state index contributed by atoms with van der Waals surface area (Å²) in [5, 5.41) is 8.35. The standard InChI is InChI=1S/C20H18N4OS/c1-14-16(13-22-24(14)15-7-3-2-4-8-15)20(25)21-12-11-19-23-17-9-5-6-10-18(17)26-19/h2-10,13H,11-12H2,1H3,(H,21,25). The maximum absolute atomic E-state index is 12.5. The number of thiazole rings is 1. The maximum Gasteiger partial charge on any atom is 0.254 e. The molecule has 0 saturated carbocycles. The number of hydrogen-bond acceptors (Lipinski definition) is 4. The van der Waals surface area contributed by atoms with Gasteiger partial charge in [0.05, 0.1) is 38.4 Å². The lowest BCUT2D eigenvalue weighted by Crippen LogP contribution is -2.26. The predicted octanol–water partition coefficient (Wildman–Crippen LogP) is 3.76. The fraction of sp³-hybridized carbons (Fsp3) is 0.150. The highest BCUT2D eigenvalue weighted by Gasteiger charge is 2.15. The molecule has 0 radical (unpaired) electrons. The molecule has 26 heavy (non-hydrogen) atoms. The first kappa shape index (κ1) is 16.5. The van der Waals surface area contributed by atoms with Gasteiger partial charge in [0.25, 0.3) is 5.91 Å². The van der Waals surface area contributed by atoms with Gasteiger partial charge in [-0.1, -0.05) is 30.3 Å². The van der Waals surface area contributed by atoms with E-state index < -0.39 is 0 Å². The molecule has 0 atom stereocenters. The molecule has 0 bridgehead atoms. The van der Waals surface area contributed by atoms with E-state index in [1.807, 2.05) is 55.5 Å². The monoisotopic (exact) mass is 362 g/mol. The van der Waals surface area contributed by atoms with Gasteiger partial charge in [-0.15, -0.1) is 11.3 Å². The molecule has 5 nitrogen and oxygen atoms in total. The lowest BCUT2D eigenvalue weighted by Gasteiger charge is -2.06. The van der Waals surface area contributed by atoms with E-state index in [0.29, 0.717) is 12.1 Å². The molecule has 0 spiro atoms. The van der Waals surface area contributed by atoms with Crippen molar-refractivity contribution in [2.75, 3.05) is 6.54 Å². The molecule has 4 aromatic rings. The average molecular weight is 362 g/mol. The fourth-order valence-electron chi connectivity index (χ4n) is 2.87. The summed E-state index contributed by atoms with van der Waals surface area (Å²) in [6.07, 6.45) is 2.34. The van der Waals surface area contributed by atoms with Crippen molar-refractivity contribution in [1.29, 1.82) is 0 Å². The third-order valence-corrected chi connectivity index (χ3v) is 5.31. The normalized spacial score (nSPS) is 11.0. The van der Waals surface area contributed by atoms with E-state index in [-0.39, 0.29) is 5.91 Å². The van der Waals surface area contributed by atoms with E-state index in [1.165, 1.54) is 4.70 Å². The van der Waals surface area contributed by atoms with Gasteiger partial charge in [0.1, 0.15) is 0 Å². The van der Waals surface area contributed by atoms with Crippen LogP contribution in [-0.2, 0) is 6.42 Å². The number of nitrogens with zero attached hydrogens (tertiary/aromatic N) is 3. The molecule has 1 amide bonds. The fourth-order valence-corrected chi connectivity index (χ4v) is 3.83. The van der Waals surface area contributed by atoms with Crippen LogP contribution in [0.1, 0.15) is 21.1 Å². The van der Waals surface area contributed by atoms with E-state index >= 15 is 0 Å². The van der Waals surface area contributed by atoms with Crippen LogP contribution in [-0.4, -0.2) is 27.2 Å². The Morgan fingerprint density at radius 3 is 2.69 bits per heavy atom. The van der Waals surface area contributed by atoms with Gasteiger partial charge < -0.3 is 5.32 Å². The third kappa shape index (κ3) is 3.23. The summed E-state index contributed by atoms with van der Waals surface area (Å²) < 4.78 is 2.96. The van der Waals surface area contributed by atoms with Crippen LogP contribution in [0.25, 0.3) is 15.9 Å². The molecule has 1 N–H and O–H groups in total. The largest absolute Gasteiger partial charge is 0.352 e. The van der Waals surface area contributed by atoms with Crippen LogP contribution >= 0.6 is 11.3 Å². The van der Waals surface area contributed by atoms with Crippen molar-refractivity contribution in [3.8, 4) is 5.69 Å². The topological polar surface area (TPSA) is 59.8 Å². The van der Waals surface area contributed by atoms with Gasteiger partial charge >= 0.3 is 0 Å². The molecular formula is C20H18N4OS. The first-order valence-electron chi connectivity index (χ1n) is 8.45. The van der Waals surface area contributed by atoms with Crippen molar-refractivity contribution in [3.63, 3.8) is 0 Å². The number of nitrogens with one attached hydrogen (secondary N) is 1. The van der Waals surface area contributed by atoms with Gasteiger partial charge in [-0.2, -0.15) is 5.10 Å². The first-order chi connectivity index (χ1) is 12.7. The number of fused-ring (bicyclic) bond motifs is 1. The summed E-state index contributed by atoms with van der Waals surface area (Å²) in [6, 6.07) is 17.9. The Balaban J connectivity index is 1.41. The van der Waals surface area contributed by atoms with Crippen LogP contribution in [0, 0.1) is 6.92 Å². The molecule has 0 fully saturated rings. The van der Waals surface area contributed by atoms with Crippen molar-refractivity contribution in [3.05, 3.63) is 77.1 Å². The molecule has 2 heterocycles. The van der Waals surface area contributed by atoms with E-state index in [1.54, 1.807) is 22.2 Å². The Morgan fingerprint density at radius 2 is 1.88 bits per heavy atom. The second kappa shape index (κ2) is 7.09. The Bertz CT molecular complexity index is 1020. The number of hydrogen-bond donors (Lipinski definition) is 1. The Kier molecular flexibility index (Phi) is 4.50. The van der Waals surface area contributed by atoms with E-state index in [2.05, 4.69) is 21.5 Å². The SMILES string of the molecule is Cc1c(C(=O)NCCc2nc3ccccc3s2)cnn1-c1ccccc1. The molecular weight excluding hydrogens is 344 g/mol. The smallest absolute Gasteiger partial charge is 0.254 e. The minimum atomic E-state index is -0.106. The second-order valence-electron chi connectivity index (χ2n) is 5.97. The summed E-state index contributed by atoms with van der Waals surface area (Å²) in [5.41, 5.74) is 3.38. The number of para-hydroxylation sites is 2. The van der Waals surface area contributed by atoms with E-state index in [4.69, 9.17) is 0 Å². The van der Waals surface area contributed by atoms with Crippen LogP contribution in [0.2, 0.25) is 0 Å². The van der Waals surface area contributed by atoms with Crippen molar-refractivity contribution < 1.29 is 4.79 Å². The van der Waals surface area contributed by atoms with Crippen LogP contribution in [0.5, 0.6) is 0 Å². The maximum atomic E-state index is 12.5. The third-order valence-electron chi connectivity index (χ3n) is 4.22. The van der Waals surface area contributed by atoms with Gasteiger partial charge in [0.15, 0.2) is 0 Å². The molecule has 0 aliphatic heterocycles. The van der Waals surface area contributed by atoms with Crippen molar-refractivity contribution >= 4 is 27.5 Å². The van der Waals surface area contributed by atoms with Gasteiger partial charge in [-0.05, 0) is 31.2 Å². The molecule has 0 aliphatic carbocycles.